The molecule has 3 amide bonds. The lowest BCUT2D eigenvalue weighted by Gasteiger charge is -2.28. The summed E-state index contributed by atoms with van der Waals surface area (Å²) >= 11 is 0. The lowest BCUT2D eigenvalue weighted by atomic mass is 10.0. The van der Waals surface area contributed by atoms with Crippen LogP contribution in [0.2, 0.25) is 0 Å². The van der Waals surface area contributed by atoms with E-state index in [1.54, 1.807) is 34.1 Å². The van der Waals surface area contributed by atoms with Gasteiger partial charge in [-0.3, -0.25) is 9.59 Å². The quantitative estimate of drug-likeness (QED) is 0.419. The first-order valence-corrected chi connectivity index (χ1v) is 13.0. The fraction of sp³-hybridized carbons (Fsp3) is 0.448. The monoisotopic (exact) mass is 539 g/mol. The number of nitrogens with zero attached hydrogens (tertiary/aromatic N) is 2. The lowest BCUT2D eigenvalue weighted by Crippen LogP contribution is -2.50. The van der Waals surface area contributed by atoms with Crippen molar-refractivity contribution in [3.05, 3.63) is 65.7 Å². The predicted molar refractivity (Wildman–Crippen MR) is 144 cm³/mol. The number of nitrogens with one attached hydrogen (secondary N) is 1. The van der Waals surface area contributed by atoms with Crippen LogP contribution in [0.4, 0.5) is 9.59 Å². The van der Waals surface area contributed by atoms with E-state index >= 15 is 0 Å². The van der Waals surface area contributed by atoms with Crippen LogP contribution < -0.4 is 10.1 Å². The minimum absolute atomic E-state index is 0.0687. The molecule has 0 aliphatic carbocycles. The highest BCUT2D eigenvalue weighted by Crippen LogP contribution is 2.16. The Balaban J connectivity index is 1.69. The van der Waals surface area contributed by atoms with Crippen LogP contribution >= 0.6 is 0 Å². The van der Waals surface area contributed by atoms with Crippen LogP contribution in [-0.2, 0) is 32.1 Å². The maximum Gasteiger partial charge on any atom is 0.410 e. The lowest BCUT2D eigenvalue weighted by molar-refractivity contribution is -0.133. The molecule has 0 aromatic heterocycles. The highest BCUT2D eigenvalue weighted by Gasteiger charge is 2.30. The molecule has 1 heterocycles. The Kier molecular flexibility index (Phi) is 10.3. The summed E-state index contributed by atoms with van der Waals surface area (Å²) in [6.45, 7) is 8.34. The molecule has 0 spiro atoms. The number of rotatable bonds is 7. The van der Waals surface area contributed by atoms with E-state index in [1.165, 1.54) is 6.92 Å². The van der Waals surface area contributed by atoms with Crippen LogP contribution in [0.1, 0.15) is 45.2 Å². The zero-order valence-electron chi connectivity index (χ0n) is 23.0. The summed E-state index contributed by atoms with van der Waals surface area (Å²) in [5, 5.41) is 2.72. The van der Waals surface area contributed by atoms with Crippen LogP contribution in [0.3, 0.4) is 0 Å². The number of hydrogen-bond acceptors (Lipinski definition) is 7. The normalized spacial score (nSPS) is 14.6. The molecule has 2 aromatic rings. The molecule has 1 aliphatic heterocycles. The van der Waals surface area contributed by atoms with E-state index in [-0.39, 0.29) is 18.9 Å². The molecular formula is C29H37N3O7. The van der Waals surface area contributed by atoms with Gasteiger partial charge in [0, 0.05) is 39.5 Å². The third-order valence-electron chi connectivity index (χ3n) is 5.89. The van der Waals surface area contributed by atoms with Crippen molar-refractivity contribution >= 4 is 24.1 Å². The third-order valence-corrected chi connectivity index (χ3v) is 5.89. The molecule has 10 heteroatoms. The predicted octanol–water partition coefficient (Wildman–Crippen LogP) is 3.92. The molecule has 1 N–H and O–H groups in total. The summed E-state index contributed by atoms with van der Waals surface area (Å²) in [5.74, 6) is -0.318. The van der Waals surface area contributed by atoms with Gasteiger partial charge in [0.25, 0.3) is 0 Å². The van der Waals surface area contributed by atoms with E-state index in [0.717, 1.165) is 11.1 Å². The second kappa shape index (κ2) is 13.6. The molecule has 0 saturated carbocycles. The van der Waals surface area contributed by atoms with E-state index in [2.05, 4.69) is 5.32 Å². The Bertz CT molecular complexity index is 1130. The first-order valence-electron chi connectivity index (χ1n) is 13.0. The molecule has 2 aromatic carbocycles. The first-order chi connectivity index (χ1) is 18.5. The van der Waals surface area contributed by atoms with Crippen molar-refractivity contribution in [3.63, 3.8) is 0 Å². The van der Waals surface area contributed by atoms with Crippen molar-refractivity contribution in [2.45, 2.75) is 58.8 Å². The summed E-state index contributed by atoms with van der Waals surface area (Å²) < 4.78 is 15.9. The Hall–Kier alpha value is -4.08. The minimum Gasteiger partial charge on any atom is -0.445 e. The molecule has 10 nitrogen and oxygen atoms in total. The number of carbonyl (C=O) groups excluding carboxylic acids is 4. The Morgan fingerprint density at radius 2 is 1.51 bits per heavy atom. The molecule has 39 heavy (non-hydrogen) atoms. The zero-order chi connectivity index (χ0) is 28.4. The Labute approximate surface area is 229 Å². The zero-order valence-corrected chi connectivity index (χ0v) is 23.0. The Morgan fingerprint density at radius 3 is 2.15 bits per heavy atom. The number of benzene rings is 2. The minimum atomic E-state index is -0.902. The molecular weight excluding hydrogens is 502 g/mol. The van der Waals surface area contributed by atoms with Gasteiger partial charge in [-0.25, -0.2) is 9.59 Å². The van der Waals surface area contributed by atoms with Gasteiger partial charge in [-0.1, -0.05) is 42.5 Å². The van der Waals surface area contributed by atoms with E-state index in [4.69, 9.17) is 14.2 Å². The summed E-state index contributed by atoms with van der Waals surface area (Å²) in [6.07, 6.45) is -0.346. The molecule has 0 radical (unpaired) electrons. The SMILES string of the molecule is CC(=O)Oc1ccc(C[C@H](NC(=O)OCc2ccccc2)C(=O)N2CCCN(C(=O)OC(C)(C)C)CC2)cc1. The van der Waals surface area contributed by atoms with Crippen molar-refractivity contribution in [2.75, 3.05) is 26.2 Å². The van der Waals surface area contributed by atoms with Gasteiger partial charge >= 0.3 is 18.2 Å². The van der Waals surface area contributed by atoms with Crippen molar-refractivity contribution in [2.24, 2.45) is 0 Å². The average molecular weight is 540 g/mol. The molecule has 0 unspecified atom stereocenters. The fourth-order valence-corrected chi connectivity index (χ4v) is 4.07. The van der Waals surface area contributed by atoms with E-state index in [0.29, 0.717) is 38.3 Å². The molecule has 1 atom stereocenters. The van der Waals surface area contributed by atoms with Crippen molar-refractivity contribution < 1.29 is 33.4 Å². The van der Waals surface area contributed by atoms with Gasteiger partial charge in [-0.05, 0) is 50.5 Å². The third kappa shape index (κ3) is 9.96. The van der Waals surface area contributed by atoms with Crippen LogP contribution in [0.25, 0.3) is 0 Å². The standard InChI is InChI=1S/C29H37N3O7/c1-21(33)38-24-13-11-22(12-14-24)19-25(30-27(35)37-20-23-9-6-5-7-10-23)26(34)31-15-8-16-32(18-17-31)28(36)39-29(2,3)4/h5-7,9-14,25H,8,15-20H2,1-4H3,(H,30,35)/t25-/m0/s1. The smallest absolute Gasteiger partial charge is 0.410 e. The number of esters is 1. The highest BCUT2D eigenvalue weighted by atomic mass is 16.6. The number of amides is 3. The second-order valence-corrected chi connectivity index (χ2v) is 10.3. The van der Waals surface area contributed by atoms with Gasteiger partial charge in [0.15, 0.2) is 0 Å². The van der Waals surface area contributed by atoms with E-state index in [9.17, 15) is 19.2 Å². The van der Waals surface area contributed by atoms with Gasteiger partial charge in [0.1, 0.15) is 24.0 Å². The van der Waals surface area contributed by atoms with Crippen LogP contribution in [0, 0.1) is 0 Å². The van der Waals surface area contributed by atoms with Crippen molar-refractivity contribution in [3.8, 4) is 5.75 Å². The maximum absolute atomic E-state index is 13.6. The summed E-state index contributed by atoms with van der Waals surface area (Å²) in [6, 6.07) is 15.1. The summed E-state index contributed by atoms with van der Waals surface area (Å²) in [4.78, 5) is 53.3. The molecule has 1 saturated heterocycles. The van der Waals surface area contributed by atoms with Gasteiger partial charge < -0.3 is 29.3 Å². The number of alkyl carbamates (subject to hydrolysis) is 1. The molecule has 3 rings (SSSR count). The van der Waals surface area contributed by atoms with Crippen LogP contribution in [-0.4, -0.2) is 71.7 Å². The topological polar surface area (TPSA) is 114 Å². The van der Waals surface area contributed by atoms with Gasteiger partial charge in [0.2, 0.25) is 5.91 Å². The van der Waals surface area contributed by atoms with E-state index < -0.39 is 29.8 Å². The van der Waals surface area contributed by atoms with E-state index in [1.807, 2.05) is 51.1 Å². The number of hydrogen-bond donors (Lipinski definition) is 1. The van der Waals surface area contributed by atoms with Crippen LogP contribution in [0.15, 0.2) is 54.6 Å². The maximum atomic E-state index is 13.6. The average Bonchev–Trinajstić information content (AvgIpc) is 3.14. The Morgan fingerprint density at radius 1 is 0.872 bits per heavy atom. The molecule has 1 aliphatic rings. The van der Waals surface area contributed by atoms with Gasteiger partial charge in [-0.2, -0.15) is 0 Å². The van der Waals surface area contributed by atoms with Gasteiger partial charge in [-0.15, -0.1) is 0 Å². The van der Waals surface area contributed by atoms with Crippen molar-refractivity contribution in [1.29, 1.82) is 0 Å². The fourth-order valence-electron chi connectivity index (χ4n) is 4.07. The highest BCUT2D eigenvalue weighted by molar-refractivity contribution is 5.86. The number of carbonyl (C=O) groups is 4. The molecule has 1 fully saturated rings. The first kappa shape index (κ1) is 29.5. The second-order valence-electron chi connectivity index (χ2n) is 10.3. The summed E-state index contributed by atoms with van der Waals surface area (Å²) in [5.41, 5.74) is 0.975. The number of ether oxygens (including phenoxy) is 3. The molecule has 210 valence electrons. The van der Waals surface area contributed by atoms with Gasteiger partial charge in [0.05, 0.1) is 0 Å². The molecule has 0 bridgehead atoms. The largest absolute Gasteiger partial charge is 0.445 e. The van der Waals surface area contributed by atoms with Crippen molar-refractivity contribution in [1.82, 2.24) is 15.1 Å². The van der Waals surface area contributed by atoms with Crippen LogP contribution in [0.5, 0.6) is 5.75 Å². The summed E-state index contributed by atoms with van der Waals surface area (Å²) in [7, 11) is 0.